The van der Waals surface area contributed by atoms with Crippen molar-refractivity contribution in [2.24, 2.45) is 5.73 Å². The minimum Gasteiger partial charge on any atom is -0.379 e. The van der Waals surface area contributed by atoms with Gasteiger partial charge in [0, 0.05) is 54.3 Å². The minimum atomic E-state index is -0.524. The SMILES string of the molecule is NC(=O)c1cc(-c2ccccc2)nc2c1[nH]c1cc(C(=O)N3CC[C@H](N4CCOCC4)C3)ccc12. The lowest BCUT2D eigenvalue weighted by atomic mass is 10.1. The quantitative estimate of drug-likeness (QED) is 0.478. The highest BCUT2D eigenvalue weighted by Gasteiger charge is 2.31. The molecule has 2 saturated heterocycles. The molecular formula is C27H27N5O3. The molecule has 2 aliphatic heterocycles. The van der Waals surface area contributed by atoms with Gasteiger partial charge < -0.3 is 20.4 Å². The van der Waals surface area contributed by atoms with Gasteiger partial charge in [0.15, 0.2) is 0 Å². The van der Waals surface area contributed by atoms with Crippen LogP contribution >= 0.6 is 0 Å². The number of nitrogens with one attached hydrogen (secondary N) is 1. The van der Waals surface area contributed by atoms with Crippen LogP contribution in [0.5, 0.6) is 0 Å². The molecule has 0 aliphatic carbocycles. The molecule has 4 heterocycles. The zero-order valence-electron chi connectivity index (χ0n) is 19.4. The van der Waals surface area contributed by atoms with Gasteiger partial charge in [0.25, 0.3) is 11.8 Å². The summed E-state index contributed by atoms with van der Waals surface area (Å²) in [4.78, 5) is 38.1. The van der Waals surface area contributed by atoms with E-state index in [9.17, 15) is 9.59 Å². The number of hydrogen-bond donors (Lipinski definition) is 2. The molecule has 0 radical (unpaired) electrons. The van der Waals surface area contributed by atoms with Gasteiger partial charge in [0.1, 0.15) is 0 Å². The van der Waals surface area contributed by atoms with Gasteiger partial charge >= 0.3 is 0 Å². The number of hydrogen-bond acceptors (Lipinski definition) is 5. The number of amides is 2. The summed E-state index contributed by atoms with van der Waals surface area (Å²) in [6, 6.07) is 17.4. The van der Waals surface area contributed by atoms with Crippen molar-refractivity contribution in [2.45, 2.75) is 12.5 Å². The number of likely N-dealkylation sites (tertiary alicyclic amines) is 1. The summed E-state index contributed by atoms with van der Waals surface area (Å²) < 4.78 is 5.46. The predicted octanol–water partition coefficient (Wildman–Crippen LogP) is 3.03. The summed E-state index contributed by atoms with van der Waals surface area (Å²) in [6.45, 7) is 4.85. The minimum absolute atomic E-state index is 0.0226. The molecule has 2 aromatic heterocycles. The van der Waals surface area contributed by atoms with Crippen LogP contribution in [0.15, 0.2) is 54.6 Å². The van der Waals surface area contributed by atoms with E-state index in [1.807, 2.05) is 53.4 Å². The van der Waals surface area contributed by atoms with E-state index in [0.29, 0.717) is 33.9 Å². The summed E-state index contributed by atoms with van der Waals surface area (Å²) in [5.41, 5.74) is 10.3. The van der Waals surface area contributed by atoms with Gasteiger partial charge in [-0.1, -0.05) is 30.3 Å². The first-order chi connectivity index (χ1) is 17.1. The van der Waals surface area contributed by atoms with Gasteiger partial charge in [-0.05, 0) is 30.7 Å². The van der Waals surface area contributed by atoms with Crippen LogP contribution in [-0.4, -0.2) is 77.0 Å². The highest BCUT2D eigenvalue weighted by Crippen LogP contribution is 2.31. The Labute approximate surface area is 202 Å². The number of nitrogens with zero attached hydrogens (tertiary/aromatic N) is 3. The number of carbonyl (C=O) groups is 2. The van der Waals surface area contributed by atoms with Crippen LogP contribution in [0.4, 0.5) is 0 Å². The molecule has 6 rings (SSSR count). The van der Waals surface area contributed by atoms with Crippen LogP contribution in [0.3, 0.4) is 0 Å². The molecule has 4 aromatic rings. The number of aromatic nitrogens is 2. The van der Waals surface area contributed by atoms with E-state index in [-0.39, 0.29) is 5.91 Å². The van der Waals surface area contributed by atoms with Crippen molar-refractivity contribution in [1.82, 2.24) is 19.8 Å². The molecule has 178 valence electrons. The fourth-order valence-corrected chi connectivity index (χ4v) is 5.29. The van der Waals surface area contributed by atoms with Gasteiger partial charge in [-0.25, -0.2) is 4.98 Å². The van der Waals surface area contributed by atoms with Gasteiger partial charge in [-0.2, -0.15) is 0 Å². The van der Waals surface area contributed by atoms with E-state index in [0.717, 1.165) is 62.3 Å². The maximum absolute atomic E-state index is 13.3. The van der Waals surface area contributed by atoms with Crippen LogP contribution in [-0.2, 0) is 4.74 Å². The number of H-pyrrole nitrogens is 1. The summed E-state index contributed by atoms with van der Waals surface area (Å²) in [5.74, 6) is -0.502. The highest BCUT2D eigenvalue weighted by atomic mass is 16.5. The van der Waals surface area contributed by atoms with Crippen LogP contribution in [0.25, 0.3) is 33.2 Å². The van der Waals surface area contributed by atoms with E-state index in [1.54, 1.807) is 6.07 Å². The number of pyridine rings is 1. The van der Waals surface area contributed by atoms with Crippen LogP contribution in [0.1, 0.15) is 27.1 Å². The van der Waals surface area contributed by atoms with Gasteiger partial charge in [0.05, 0.1) is 35.5 Å². The number of fused-ring (bicyclic) bond motifs is 3. The standard InChI is InChI=1S/C27H27N5O3/c28-26(33)21-15-22(17-4-2-1-3-5-17)29-24-20-7-6-18(14-23(20)30-25(21)24)27(34)32-9-8-19(16-32)31-10-12-35-13-11-31/h1-7,14-15,19,30H,8-13,16H2,(H2,28,33)/t19-/m0/s1. The molecular weight excluding hydrogens is 442 g/mol. The number of benzene rings is 2. The Morgan fingerprint density at radius 3 is 2.60 bits per heavy atom. The predicted molar refractivity (Wildman–Crippen MR) is 134 cm³/mol. The first-order valence-corrected chi connectivity index (χ1v) is 12.0. The fraction of sp³-hybridized carbons (Fsp3) is 0.296. The van der Waals surface area contributed by atoms with E-state index in [2.05, 4.69) is 9.88 Å². The topological polar surface area (TPSA) is 105 Å². The molecule has 35 heavy (non-hydrogen) atoms. The third kappa shape index (κ3) is 3.94. The summed E-state index contributed by atoms with van der Waals surface area (Å²) in [7, 11) is 0. The fourth-order valence-electron chi connectivity index (χ4n) is 5.29. The van der Waals surface area contributed by atoms with Crippen molar-refractivity contribution in [3.05, 3.63) is 65.7 Å². The summed E-state index contributed by atoms with van der Waals surface area (Å²) in [5, 5.41) is 0.851. The molecule has 2 aliphatic rings. The van der Waals surface area contributed by atoms with Crippen LogP contribution in [0, 0.1) is 0 Å². The molecule has 0 bridgehead atoms. The molecule has 2 aromatic carbocycles. The number of rotatable bonds is 4. The zero-order chi connectivity index (χ0) is 23.9. The van der Waals surface area contributed by atoms with Crippen molar-refractivity contribution in [3.63, 3.8) is 0 Å². The average Bonchev–Trinajstić information content (AvgIpc) is 3.53. The average molecular weight is 470 g/mol. The summed E-state index contributed by atoms with van der Waals surface area (Å²) in [6.07, 6.45) is 0.981. The van der Waals surface area contributed by atoms with E-state index >= 15 is 0 Å². The summed E-state index contributed by atoms with van der Waals surface area (Å²) >= 11 is 0. The third-order valence-electron chi connectivity index (χ3n) is 7.15. The number of aromatic amines is 1. The first kappa shape index (κ1) is 21.8. The Morgan fingerprint density at radius 1 is 1.03 bits per heavy atom. The Bertz CT molecular complexity index is 1430. The molecule has 0 spiro atoms. The molecule has 0 saturated carbocycles. The van der Waals surface area contributed by atoms with Gasteiger partial charge in [-0.15, -0.1) is 0 Å². The Balaban J connectivity index is 1.34. The normalized spacial score (nSPS) is 19.0. The molecule has 2 fully saturated rings. The van der Waals surface area contributed by atoms with Gasteiger partial charge in [0.2, 0.25) is 0 Å². The van der Waals surface area contributed by atoms with Gasteiger partial charge in [-0.3, -0.25) is 14.5 Å². The molecule has 0 unspecified atom stereocenters. The van der Waals surface area contributed by atoms with Crippen LogP contribution in [0.2, 0.25) is 0 Å². The third-order valence-corrected chi connectivity index (χ3v) is 7.15. The lowest BCUT2D eigenvalue weighted by Gasteiger charge is -2.32. The molecule has 2 amide bonds. The smallest absolute Gasteiger partial charge is 0.253 e. The molecule has 3 N–H and O–H groups in total. The number of primary amides is 1. The van der Waals surface area contributed by atoms with Crippen LogP contribution < -0.4 is 5.73 Å². The maximum Gasteiger partial charge on any atom is 0.253 e. The lowest BCUT2D eigenvalue weighted by Crippen LogP contribution is -2.45. The van der Waals surface area contributed by atoms with Crippen molar-refractivity contribution < 1.29 is 14.3 Å². The zero-order valence-corrected chi connectivity index (χ0v) is 19.4. The second-order valence-electron chi connectivity index (χ2n) is 9.24. The van der Waals surface area contributed by atoms with Crippen molar-refractivity contribution >= 4 is 33.8 Å². The number of morpholine rings is 1. The highest BCUT2D eigenvalue weighted by molar-refractivity contribution is 6.14. The maximum atomic E-state index is 13.3. The monoisotopic (exact) mass is 469 g/mol. The number of ether oxygens (including phenoxy) is 1. The molecule has 1 atom stereocenters. The molecule has 8 nitrogen and oxygen atoms in total. The van der Waals surface area contributed by atoms with Crippen molar-refractivity contribution in [3.8, 4) is 11.3 Å². The Kier molecular flexibility index (Phi) is 5.47. The number of carbonyl (C=O) groups excluding carboxylic acids is 2. The molecule has 8 heteroatoms. The number of nitrogens with two attached hydrogens (primary N) is 1. The Hall–Kier alpha value is -3.75. The van der Waals surface area contributed by atoms with Crippen molar-refractivity contribution in [1.29, 1.82) is 0 Å². The van der Waals surface area contributed by atoms with E-state index in [4.69, 9.17) is 15.5 Å². The van der Waals surface area contributed by atoms with Crippen molar-refractivity contribution in [2.75, 3.05) is 39.4 Å². The van der Waals surface area contributed by atoms with E-state index in [1.165, 1.54) is 0 Å². The second-order valence-corrected chi connectivity index (χ2v) is 9.24. The largest absolute Gasteiger partial charge is 0.379 e. The van der Waals surface area contributed by atoms with E-state index < -0.39 is 5.91 Å². The second kappa shape index (κ2) is 8.79. The first-order valence-electron chi connectivity index (χ1n) is 12.0. The Morgan fingerprint density at radius 2 is 1.83 bits per heavy atom. The lowest BCUT2D eigenvalue weighted by molar-refractivity contribution is 0.0185.